The van der Waals surface area contributed by atoms with E-state index in [0.29, 0.717) is 30.5 Å². The van der Waals surface area contributed by atoms with Crippen molar-refractivity contribution in [3.8, 4) is 0 Å². The minimum absolute atomic E-state index is 0.0802. The maximum absolute atomic E-state index is 12.6. The predicted octanol–water partition coefficient (Wildman–Crippen LogP) is 2.05. The van der Waals surface area contributed by atoms with Gasteiger partial charge in [0.05, 0.1) is 0 Å². The Labute approximate surface area is 160 Å². The molecule has 4 rings (SSSR count). The first kappa shape index (κ1) is 18.5. The highest BCUT2D eigenvalue weighted by Crippen LogP contribution is 2.40. The number of carbonyl (C=O) groups is 2. The molecule has 0 aromatic carbocycles. The fourth-order valence-corrected chi connectivity index (χ4v) is 4.32. The fourth-order valence-electron chi connectivity index (χ4n) is 4.32. The van der Waals surface area contributed by atoms with Gasteiger partial charge in [-0.15, -0.1) is 0 Å². The molecule has 1 aromatic heterocycles. The lowest BCUT2D eigenvalue weighted by molar-refractivity contribution is -0.135. The van der Waals surface area contributed by atoms with E-state index >= 15 is 0 Å². The Morgan fingerprint density at radius 1 is 1.33 bits per heavy atom. The number of carbonyl (C=O) groups excluding carboxylic acids is 2. The number of likely N-dealkylation sites (tertiary alicyclic amines) is 1. The second kappa shape index (κ2) is 8.00. The lowest BCUT2D eigenvalue weighted by atomic mass is 9.96. The molecule has 3 fully saturated rings. The minimum Gasteiger partial charge on any atom is -0.360 e. The van der Waals surface area contributed by atoms with Gasteiger partial charge >= 0.3 is 0 Å². The van der Waals surface area contributed by atoms with Gasteiger partial charge in [0.2, 0.25) is 5.91 Å². The van der Waals surface area contributed by atoms with Crippen LogP contribution in [0.3, 0.4) is 0 Å². The molecular formula is C20H30N4O3. The van der Waals surface area contributed by atoms with E-state index in [0.717, 1.165) is 51.0 Å². The third-order valence-corrected chi connectivity index (χ3v) is 6.20. The summed E-state index contributed by atoms with van der Waals surface area (Å²) in [5.41, 5.74) is 0.369. The van der Waals surface area contributed by atoms with Crippen LogP contribution in [0.4, 0.5) is 0 Å². The number of rotatable bonds is 6. The lowest BCUT2D eigenvalue weighted by Gasteiger charge is -2.38. The van der Waals surface area contributed by atoms with Crippen LogP contribution >= 0.6 is 0 Å². The molecular weight excluding hydrogens is 344 g/mol. The summed E-state index contributed by atoms with van der Waals surface area (Å²) in [7, 11) is 0. The summed E-state index contributed by atoms with van der Waals surface area (Å²) in [5.74, 6) is 2.00. The molecule has 0 radical (unpaired) electrons. The molecule has 7 heteroatoms. The zero-order valence-corrected chi connectivity index (χ0v) is 16.1. The van der Waals surface area contributed by atoms with Crippen LogP contribution in [0.25, 0.3) is 0 Å². The van der Waals surface area contributed by atoms with E-state index in [-0.39, 0.29) is 23.9 Å². The summed E-state index contributed by atoms with van der Waals surface area (Å²) in [6.45, 7) is 4.91. The second-order valence-corrected chi connectivity index (χ2v) is 8.42. The normalized spacial score (nSPS) is 28.3. The highest BCUT2D eigenvalue weighted by Gasteiger charge is 2.32. The van der Waals surface area contributed by atoms with Crippen LogP contribution in [0.2, 0.25) is 0 Å². The number of nitrogens with zero attached hydrogens (tertiary/aromatic N) is 2. The first-order chi connectivity index (χ1) is 13.1. The topological polar surface area (TPSA) is 87.5 Å². The van der Waals surface area contributed by atoms with Crippen LogP contribution in [0.1, 0.15) is 74.0 Å². The van der Waals surface area contributed by atoms with Gasteiger partial charge < -0.3 is 20.1 Å². The molecule has 2 unspecified atom stereocenters. The maximum Gasteiger partial charge on any atom is 0.273 e. The highest BCUT2D eigenvalue weighted by molar-refractivity contribution is 5.92. The number of nitrogens with one attached hydrogen (secondary N) is 2. The standard InChI is InChI=1S/C20H30N4O3/c1-13-10-16(22-20(26)17-11-18(27-23-17)15-3-4-15)7-9-24(13)19(25)5-2-14-6-8-21-12-14/h11,13-16,21H,2-10,12H2,1H3,(H,22,26)/t13-,14?,16?/m0/s1. The number of amides is 2. The van der Waals surface area contributed by atoms with E-state index < -0.39 is 0 Å². The van der Waals surface area contributed by atoms with Crippen LogP contribution in [-0.4, -0.2) is 53.6 Å². The van der Waals surface area contributed by atoms with Gasteiger partial charge in [-0.2, -0.15) is 0 Å². The van der Waals surface area contributed by atoms with Crippen molar-refractivity contribution in [3.05, 3.63) is 17.5 Å². The Balaban J connectivity index is 1.23. The Bertz CT molecular complexity index is 679. The molecule has 27 heavy (non-hydrogen) atoms. The molecule has 3 aliphatic rings. The molecule has 148 valence electrons. The van der Waals surface area contributed by atoms with E-state index in [4.69, 9.17) is 4.52 Å². The molecule has 0 spiro atoms. The molecule has 2 amide bonds. The Morgan fingerprint density at radius 3 is 2.89 bits per heavy atom. The van der Waals surface area contributed by atoms with E-state index in [2.05, 4.69) is 22.7 Å². The average Bonchev–Trinajstić information content (AvgIpc) is 3.17. The molecule has 3 atom stereocenters. The van der Waals surface area contributed by atoms with Gasteiger partial charge in [0.15, 0.2) is 5.69 Å². The third-order valence-electron chi connectivity index (χ3n) is 6.20. The van der Waals surface area contributed by atoms with Crippen LogP contribution in [-0.2, 0) is 4.79 Å². The largest absolute Gasteiger partial charge is 0.360 e. The fraction of sp³-hybridized carbons (Fsp3) is 0.750. The maximum atomic E-state index is 12.6. The van der Waals surface area contributed by atoms with Crippen molar-refractivity contribution in [2.24, 2.45) is 5.92 Å². The first-order valence-corrected chi connectivity index (χ1v) is 10.4. The van der Waals surface area contributed by atoms with E-state index in [1.54, 1.807) is 6.07 Å². The summed E-state index contributed by atoms with van der Waals surface area (Å²) < 4.78 is 5.27. The van der Waals surface area contributed by atoms with Gasteiger partial charge in [0, 0.05) is 37.0 Å². The number of hydrogen-bond acceptors (Lipinski definition) is 5. The zero-order chi connectivity index (χ0) is 18.8. The molecule has 3 heterocycles. The molecule has 7 nitrogen and oxygen atoms in total. The summed E-state index contributed by atoms with van der Waals surface area (Å²) in [6.07, 6.45) is 6.62. The van der Waals surface area contributed by atoms with Crippen LogP contribution in [0, 0.1) is 5.92 Å². The molecule has 2 N–H and O–H groups in total. The summed E-state index contributed by atoms with van der Waals surface area (Å²) >= 11 is 0. The summed E-state index contributed by atoms with van der Waals surface area (Å²) in [5, 5.41) is 10.3. The van der Waals surface area contributed by atoms with E-state index in [9.17, 15) is 9.59 Å². The van der Waals surface area contributed by atoms with Gasteiger partial charge in [0.25, 0.3) is 5.91 Å². The van der Waals surface area contributed by atoms with Crippen molar-refractivity contribution >= 4 is 11.8 Å². The Morgan fingerprint density at radius 2 is 2.19 bits per heavy atom. The van der Waals surface area contributed by atoms with Gasteiger partial charge in [-0.1, -0.05) is 5.16 Å². The smallest absolute Gasteiger partial charge is 0.273 e. The van der Waals surface area contributed by atoms with Crippen molar-refractivity contribution in [2.45, 2.75) is 69.9 Å². The molecule has 0 bridgehead atoms. The predicted molar refractivity (Wildman–Crippen MR) is 100 cm³/mol. The number of piperidine rings is 1. The molecule has 1 saturated carbocycles. The SMILES string of the molecule is C[C@H]1CC(NC(=O)c2cc(C3CC3)on2)CCN1C(=O)CCC1CCNC1. The quantitative estimate of drug-likeness (QED) is 0.796. The average molecular weight is 374 g/mol. The van der Waals surface area contributed by atoms with Crippen molar-refractivity contribution in [1.29, 1.82) is 0 Å². The Hall–Kier alpha value is -1.89. The lowest BCUT2D eigenvalue weighted by Crippen LogP contribution is -2.51. The Kier molecular flexibility index (Phi) is 5.48. The highest BCUT2D eigenvalue weighted by atomic mass is 16.5. The van der Waals surface area contributed by atoms with Crippen molar-refractivity contribution in [2.75, 3.05) is 19.6 Å². The molecule has 2 saturated heterocycles. The zero-order valence-electron chi connectivity index (χ0n) is 16.1. The van der Waals surface area contributed by atoms with Crippen LogP contribution in [0.5, 0.6) is 0 Å². The van der Waals surface area contributed by atoms with Gasteiger partial charge in [-0.3, -0.25) is 9.59 Å². The first-order valence-electron chi connectivity index (χ1n) is 10.4. The van der Waals surface area contributed by atoms with Gasteiger partial charge in [-0.05, 0) is 64.5 Å². The summed E-state index contributed by atoms with van der Waals surface area (Å²) in [4.78, 5) is 27.0. The van der Waals surface area contributed by atoms with E-state index in [1.807, 2.05) is 4.90 Å². The van der Waals surface area contributed by atoms with Crippen molar-refractivity contribution in [1.82, 2.24) is 20.7 Å². The van der Waals surface area contributed by atoms with Gasteiger partial charge in [0.1, 0.15) is 5.76 Å². The van der Waals surface area contributed by atoms with Crippen molar-refractivity contribution < 1.29 is 14.1 Å². The number of hydrogen-bond donors (Lipinski definition) is 2. The summed E-state index contributed by atoms with van der Waals surface area (Å²) in [6, 6.07) is 2.00. The van der Waals surface area contributed by atoms with Crippen molar-refractivity contribution in [3.63, 3.8) is 0 Å². The molecule has 1 aromatic rings. The minimum atomic E-state index is -0.170. The molecule has 2 aliphatic heterocycles. The third kappa shape index (κ3) is 4.51. The molecule has 1 aliphatic carbocycles. The second-order valence-electron chi connectivity index (χ2n) is 8.42. The van der Waals surface area contributed by atoms with Gasteiger partial charge in [-0.25, -0.2) is 0 Å². The van der Waals surface area contributed by atoms with E-state index in [1.165, 1.54) is 6.42 Å². The van der Waals surface area contributed by atoms with Crippen LogP contribution < -0.4 is 10.6 Å². The monoisotopic (exact) mass is 374 g/mol. The number of aromatic nitrogens is 1. The van der Waals surface area contributed by atoms with Crippen LogP contribution in [0.15, 0.2) is 10.6 Å².